The molecule has 2 aromatic heterocycles. The molecule has 0 aliphatic rings. The van der Waals surface area contributed by atoms with Gasteiger partial charge in [-0.25, -0.2) is 9.37 Å². The van der Waals surface area contributed by atoms with E-state index in [4.69, 9.17) is 4.74 Å². The van der Waals surface area contributed by atoms with Crippen molar-refractivity contribution in [2.75, 3.05) is 20.3 Å². The van der Waals surface area contributed by atoms with Gasteiger partial charge in [-0.1, -0.05) is 18.2 Å². The smallest absolute Gasteiger partial charge is 0.264 e. The van der Waals surface area contributed by atoms with Crippen molar-refractivity contribution in [2.24, 2.45) is 0 Å². The van der Waals surface area contributed by atoms with Gasteiger partial charge < -0.3 is 14.2 Å². The first-order chi connectivity index (χ1) is 12.7. The summed E-state index contributed by atoms with van der Waals surface area (Å²) in [5.41, 5.74) is 0.971. The summed E-state index contributed by atoms with van der Waals surface area (Å²) in [6, 6.07) is 10.1. The molecule has 0 aliphatic heterocycles. The number of imidazole rings is 1. The number of benzene rings is 1. The predicted octanol–water partition coefficient (Wildman–Crippen LogP) is 3.42. The maximum Gasteiger partial charge on any atom is 0.264 e. The number of ether oxygens (including phenoxy) is 1. The Morgan fingerprint density at radius 1 is 1.31 bits per heavy atom. The van der Waals surface area contributed by atoms with E-state index in [-0.39, 0.29) is 11.7 Å². The minimum absolute atomic E-state index is 0.0339. The number of rotatable bonds is 8. The Labute approximate surface area is 155 Å². The number of amides is 1. The summed E-state index contributed by atoms with van der Waals surface area (Å²) in [4.78, 5) is 19.6. The molecular formula is C19H20FN3O2S. The van der Waals surface area contributed by atoms with E-state index in [1.54, 1.807) is 30.3 Å². The standard InChI is InChI=1S/C19H20FN3O2S/c1-25-11-10-23(19(24)17-3-2-12-26-17)14-18-21-8-9-22(18)13-15-4-6-16(20)7-5-15/h2-9,12H,10-11,13-14H2,1H3. The molecule has 0 unspecified atom stereocenters. The molecule has 0 saturated carbocycles. The third-order valence-electron chi connectivity index (χ3n) is 3.98. The van der Waals surface area contributed by atoms with Crippen LogP contribution in [0.3, 0.4) is 0 Å². The minimum atomic E-state index is -0.258. The number of hydrogen-bond donors (Lipinski definition) is 0. The quantitative estimate of drug-likeness (QED) is 0.608. The normalized spacial score (nSPS) is 10.8. The van der Waals surface area contributed by atoms with Crippen molar-refractivity contribution in [1.82, 2.24) is 14.5 Å². The maximum absolute atomic E-state index is 13.1. The van der Waals surface area contributed by atoms with Gasteiger partial charge in [-0.2, -0.15) is 0 Å². The number of halogens is 1. The number of carbonyl (C=O) groups is 1. The number of aromatic nitrogens is 2. The average Bonchev–Trinajstić information content (AvgIpc) is 3.32. The molecule has 136 valence electrons. The van der Waals surface area contributed by atoms with Gasteiger partial charge >= 0.3 is 0 Å². The Balaban J connectivity index is 1.75. The van der Waals surface area contributed by atoms with E-state index in [2.05, 4.69) is 4.98 Å². The number of hydrogen-bond acceptors (Lipinski definition) is 4. The van der Waals surface area contributed by atoms with E-state index < -0.39 is 0 Å². The van der Waals surface area contributed by atoms with Crippen molar-refractivity contribution in [1.29, 1.82) is 0 Å². The molecule has 1 amide bonds. The number of carbonyl (C=O) groups excluding carboxylic acids is 1. The maximum atomic E-state index is 13.1. The molecule has 2 heterocycles. The lowest BCUT2D eigenvalue weighted by molar-refractivity contribution is 0.0678. The highest BCUT2D eigenvalue weighted by Crippen LogP contribution is 2.15. The first-order valence-electron chi connectivity index (χ1n) is 8.23. The number of thiophene rings is 1. The fourth-order valence-corrected chi connectivity index (χ4v) is 3.29. The number of methoxy groups -OCH3 is 1. The second kappa shape index (κ2) is 8.73. The van der Waals surface area contributed by atoms with Crippen LogP contribution in [0.1, 0.15) is 21.1 Å². The molecule has 0 fully saturated rings. The van der Waals surface area contributed by atoms with Crippen molar-refractivity contribution in [3.63, 3.8) is 0 Å². The summed E-state index contributed by atoms with van der Waals surface area (Å²) in [7, 11) is 1.61. The molecule has 0 bridgehead atoms. The van der Waals surface area contributed by atoms with Crippen molar-refractivity contribution in [2.45, 2.75) is 13.1 Å². The first kappa shape index (κ1) is 18.3. The summed E-state index contributed by atoms with van der Waals surface area (Å²) in [6.45, 7) is 1.89. The molecule has 0 atom stereocenters. The van der Waals surface area contributed by atoms with Crippen LogP contribution in [0.5, 0.6) is 0 Å². The van der Waals surface area contributed by atoms with E-state index in [1.165, 1.54) is 23.5 Å². The van der Waals surface area contributed by atoms with E-state index in [9.17, 15) is 9.18 Å². The molecule has 3 rings (SSSR count). The lowest BCUT2D eigenvalue weighted by Crippen LogP contribution is -2.34. The molecule has 5 nitrogen and oxygen atoms in total. The molecule has 1 aromatic carbocycles. The van der Waals surface area contributed by atoms with Crippen LogP contribution in [-0.4, -0.2) is 40.6 Å². The van der Waals surface area contributed by atoms with Crippen molar-refractivity contribution in [3.8, 4) is 0 Å². The van der Waals surface area contributed by atoms with E-state index in [0.717, 1.165) is 11.4 Å². The van der Waals surface area contributed by atoms with Gasteiger partial charge in [-0.05, 0) is 29.1 Å². The van der Waals surface area contributed by atoms with Crippen LogP contribution in [0.4, 0.5) is 4.39 Å². The van der Waals surface area contributed by atoms with E-state index in [1.807, 2.05) is 28.3 Å². The summed E-state index contributed by atoms with van der Waals surface area (Å²) < 4.78 is 20.2. The first-order valence-corrected chi connectivity index (χ1v) is 9.11. The summed E-state index contributed by atoms with van der Waals surface area (Å²) in [5, 5.41) is 1.89. The lowest BCUT2D eigenvalue weighted by atomic mass is 10.2. The van der Waals surface area contributed by atoms with Crippen LogP contribution in [0, 0.1) is 5.82 Å². The zero-order valence-electron chi connectivity index (χ0n) is 14.5. The Hall–Kier alpha value is -2.51. The molecule has 7 heteroatoms. The van der Waals surface area contributed by atoms with Gasteiger partial charge in [-0.15, -0.1) is 11.3 Å². The van der Waals surface area contributed by atoms with Crippen LogP contribution >= 0.6 is 11.3 Å². The SMILES string of the molecule is COCCN(Cc1nccn1Cc1ccc(F)cc1)C(=O)c1cccs1. The molecule has 0 aliphatic carbocycles. The minimum Gasteiger partial charge on any atom is -0.383 e. The van der Waals surface area contributed by atoms with Crippen LogP contribution in [-0.2, 0) is 17.8 Å². The van der Waals surface area contributed by atoms with Crippen molar-refractivity contribution in [3.05, 3.63) is 76.3 Å². The average molecular weight is 373 g/mol. The molecule has 0 spiro atoms. The van der Waals surface area contributed by atoms with E-state index in [0.29, 0.717) is 31.1 Å². The Morgan fingerprint density at radius 3 is 2.81 bits per heavy atom. The van der Waals surface area contributed by atoms with Gasteiger partial charge in [0.05, 0.1) is 18.0 Å². The Kier molecular flexibility index (Phi) is 6.14. The predicted molar refractivity (Wildman–Crippen MR) is 98.7 cm³/mol. The topological polar surface area (TPSA) is 47.4 Å². The summed E-state index contributed by atoms with van der Waals surface area (Å²) in [6.07, 6.45) is 3.58. The van der Waals surface area contributed by atoms with Gasteiger partial charge in [0.1, 0.15) is 11.6 Å². The molecule has 0 saturated heterocycles. The lowest BCUT2D eigenvalue weighted by Gasteiger charge is -2.22. The van der Waals surface area contributed by atoms with Crippen molar-refractivity contribution >= 4 is 17.2 Å². The fraction of sp³-hybridized carbons (Fsp3) is 0.263. The third kappa shape index (κ3) is 4.56. The van der Waals surface area contributed by atoms with Crippen LogP contribution in [0.2, 0.25) is 0 Å². The van der Waals surface area contributed by atoms with Gasteiger partial charge in [0.25, 0.3) is 5.91 Å². The largest absolute Gasteiger partial charge is 0.383 e. The highest BCUT2D eigenvalue weighted by atomic mass is 32.1. The summed E-state index contributed by atoms with van der Waals surface area (Å²) >= 11 is 1.42. The fourth-order valence-electron chi connectivity index (χ4n) is 2.60. The Bertz CT molecular complexity index is 831. The summed E-state index contributed by atoms with van der Waals surface area (Å²) in [5.74, 6) is 0.482. The highest BCUT2D eigenvalue weighted by Gasteiger charge is 2.19. The van der Waals surface area contributed by atoms with Gasteiger partial charge in [0.2, 0.25) is 0 Å². The van der Waals surface area contributed by atoms with E-state index >= 15 is 0 Å². The monoisotopic (exact) mass is 373 g/mol. The molecule has 0 radical (unpaired) electrons. The van der Waals surface area contributed by atoms with Crippen LogP contribution in [0.15, 0.2) is 54.2 Å². The van der Waals surface area contributed by atoms with Crippen LogP contribution in [0.25, 0.3) is 0 Å². The van der Waals surface area contributed by atoms with Crippen molar-refractivity contribution < 1.29 is 13.9 Å². The van der Waals surface area contributed by atoms with Gasteiger partial charge in [-0.3, -0.25) is 4.79 Å². The van der Waals surface area contributed by atoms with Gasteiger partial charge in [0, 0.05) is 32.6 Å². The second-order valence-corrected chi connectivity index (χ2v) is 6.74. The second-order valence-electron chi connectivity index (χ2n) is 5.79. The number of nitrogens with zero attached hydrogens (tertiary/aromatic N) is 3. The zero-order chi connectivity index (χ0) is 18.4. The van der Waals surface area contributed by atoms with Gasteiger partial charge in [0.15, 0.2) is 0 Å². The molecular weight excluding hydrogens is 353 g/mol. The molecule has 26 heavy (non-hydrogen) atoms. The highest BCUT2D eigenvalue weighted by molar-refractivity contribution is 7.12. The zero-order valence-corrected chi connectivity index (χ0v) is 15.3. The third-order valence-corrected chi connectivity index (χ3v) is 4.84. The molecule has 3 aromatic rings. The van der Waals surface area contributed by atoms with Crippen LogP contribution < -0.4 is 0 Å². The Morgan fingerprint density at radius 2 is 2.12 bits per heavy atom. The molecule has 0 N–H and O–H groups in total.